The Morgan fingerprint density at radius 1 is 1.00 bits per heavy atom. The smallest absolute Gasteiger partial charge is 0.134 e. The molecule has 3 nitrogen and oxygen atoms in total. The van der Waals surface area contributed by atoms with Crippen molar-refractivity contribution < 1.29 is 9.47 Å². The fourth-order valence-corrected chi connectivity index (χ4v) is 1.78. The number of ether oxygens (including phenoxy) is 2. The third-order valence-electron chi connectivity index (χ3n) is 2.79. The summed E-state index contributed by atoms with van der Waals surface area (Å²) in [5, 5.41) is 0. The van der Waals surface area contributed by atoms with E-state index in [0.29, 0.717) is 6.54 Å². The number of benzene rings is 2. The highest BCUT2D eigenvalue weighted by Crippen LogP contribution is 2.29. The zero-order valence-corrected chi connectivity index (χ0v) is 10.6. The average Bonchev–Trinajstić information content (AvgIpc) is 2.42. The van der Waals surface area contributed by atoms with E-state index < -0.39 is 0 Å². The van der Waals surface area contributed by atoms with Crippen LogP contribution in [0.5, 0.6) is 17.2 Å². The molecule has 0 heterocycles. The van der Waals surface area contributed by atoms with Crippen LogP contribution in [0.25, 0.3) is 0 Å². The maximum absolute atomic E-state index is 5.90. The van der Waals surface area contributed by atoms with E-state index in [0.717, 1.165) is 28.4 Å². The molecule has 0 saturated heterocycles. The van der Waals surface area contributed by atoms with Crippen molar-refractivity contribution in [2.45, 2.75) is 13.5 Å². The van der Waals surface area contributed by atoms with Crippen LogP contribution in [0.3, 0.4) is 0 Å². The van der Waals surface area contributed by atoms with Crippen molar-refractivity contribution in [3.63, 3.8) is 0 Å². The van der Waals surface area contributed by atoms with Crippen LogP contribution in [-0.4, -0.2) is 7.11 Å². The SMILES string of the molecule is COc1ccc(Oc2c(C)cccc2CN)cc1. The quantitative estimate of drug-likeness (QED) is 0.896. The van der Waals surface area contributed by atoms with E-state index in [4.69, 9.17) is 15.2 Å². The minimum absolute atomic E-state index is 0.465. The van der Waals surface area contributed by atoms with Gasteiger partial charge in [-0.3, -0.25) is 0 Å². The van der Waals surface area contributed by atoms with Crippen molar-refractivity contribution in [3.05, 3.63) is 53.6 Å². The minimum atomic E-state index is 0.465. The second-order valence-corrected chi connectivity index (χ2v) is 4.04. The molecule has 94 valence electrons. The first-order valence-electron chi connectivity index (χ1n) is 5.85. The predicted molar refractivity (Wildman–Crippen MR) is 72.1 cm³/mol. The van der Waals surface area contributed by atoms with E-state index in [-0.39, 0.29) is 0 Å². The molecule has 0 unspecified atom stereocenters. The van der Waals surface area contributed by atoms with Crippen LogP contribution in [0, 0.1) is 6.92 Å². The fraction of sp³-hybridized carbons (Fsp3) is 0.200. The van der Waals surface area contributed by atoms with Gasteiger partial charge in [-0.1, -0.05) is 18.2 Å². The Morgan fingerprint density at radius 2 is 1.67 bits per heavy atom. The van der Waals surface area contributed by atoms with Gasteiger partial charge < -0.3 is 15.2 Å². The number of methoxy groups -OCH3 is 1. The Morgan fingerprint density at radius 3 is 2.28 bits per heavy atom. The number of rotatable bonds is 4. The highest BCUT2D eigenvalue weighted by atomic mass is 16.5. The van der Waals surface area contributed by atoms with Gasteiger partial charge in [0.15, 0.2) is 0 Å². The number of nitrogens with two attached hydrogens (primary N) is 1. The summed E-state index contributed by atoms with van der Waals surface area (Å²) in [4.78, 5) is 0. The van der Waals surface area contributed by atoms with E-state index in [1.165, 1.54) is 0 Å². The van der Waals surface area contributed by atoms with E-state index in [2.05, 4.69) is 0 Å². The summed E-state index contributed by atoms with van der Waals surface area (Å²) in [6, 6.07) is 13.5. The first-order valence-corrected chi connectivity index (χ1v) is 5.85. The third kappa shape index (κ3) is 2.63. The minimum Gasteiger partial charge on any atom is -0.497 e. The van der Waals surface area contributed by atoms with Gasteiger partial charge in [-0.15, -0.1) is 0 Å². The van der Waals surface area contributed by atoms with Crippen molar-refractivity contribution in [1.82, 2.24) is 0 Å². The second kappa shape index (κ2) is 5.56. The molecule has 0 radical (unpaired) electrons. The first-order chi connectivity index (χ1) is 8.74. The molecule has 3 heteroatoms. The molecule has 0 aliphatic heterocycles. The van der Waals surface area contributed by atoms with Crippen LogP contribution in [0.15, 0.2) is 42.5 Å². The zero-order chi connectivity index (χ0) is 13.0. The largest absolute Gasteiger partial charge is 0.497 e. The van der Waals surface area contributed by atoms with Crippen molar-refractivity contribution in [1.29, 1.82) is 0 Å². The van der Waals surface area contributed by atoms with Crippen molar-refractivity contribution in [3.8, 4) is 17.2 Å². The van der Waals surface area contributed by atoms with Crippen molar-refractivity contribution in [2.24, 2.45) is 5.73 Å². The molecule has 0 fully saturated rings. The molecule has 2 aromatic rings. The monoisotopic (exact) mass is 243 g/mol. The molecule has 0 aromatic heterocycles. The summed E-state index contributed by atoms with van der Waals surface area (Å²) in [5.74, 6) is 2.43. The lowest BCUT2D eigenvalue weighted by Crippen LogP contribution is -2.00. The van der Waals surface area contributed by atoms with E-state index >= 15 is 0 Å². The van der Waals surface area contributed by atoms with Crippen LogP contribution in [0.2, 0.25) is 0 Å². The topological polar surface area (TPSA) is 44.5 Å². The van der Waals surface area contributed by atoms with Crippen LogP contribution in [0.4, 0.5) is 0 Å². The summed E-state index contributed by atoms with van der Waals surface area (Å²) in [5.41, 5.74) is 7.80. The standard InChI is InChI=1S/C15H17NO2/c1-11-4-3-5-12(10-16)15(11)18-14-8-6-13(17-2)7-9-14/h3-9H,10,16H2,1-2H3. The van der Waals surface area contributed by atoms with Crippen LogP contribution >= 0.6 is 0 Å². The lowest BCUT2D eigenvalue weighted by molar-refractivity contribution is 0.412. The fourth-order valence-electron chi connectivity index (χ4n) is 1.78. The van der Waals surface area contributed by atoms with Gasteiger partial charge in [-0.25, -0.2) is 0 Å². The summed E-state index contributed by atoms with van der Waals surface area (Å²) >= 11 is 0. The molecule has 2 aromatic carbocycles. The molecule has 0 spiro atoms. The molecule has 18 heavy (non-hydrogen) atoms. The van der Waals surface area contributed by atoms with E-state index in [9.17, 15) is 0 Å². The summed E-state index contributed by atoms with van der Waals surface area (Å²) in [7, 11) is 1.64. The number of hydrogen-bond donors (Lipinski definition) is 1. The van der Waals surface area contributed by atoms with E-state index in [1.54, 1.807) is 7.11 Å². The van der Waals surface area contributed by atoms with Crippen molar-refractivity contribution >= 4 is 0 Å². The van der Waals surface area contributed by atoms with Gasteiger partial charge in [0.05, 0.1) is 7.11 Å². The third-order valence-corrected chi connectivity index (χ3v) is 2.79. The Balaban J connectivity index is 2.27. The lowest BCUT2D eigenvalue weighted by Gasteiger charge is -2.13. The zero-order valence-electron chi connectivity index (χ0n) is 10.6. The molecule has 0 aliphatic rings. The van der Waals surface area contributed by atoms with Gasteiger partial charge in [-0.05, 0) is 36.8 Å². The number of aryl methyl sites for hydroxylation is 1. The number of para-hydroxylation sites is 1. The van der Waals surface area contributed by atoms with Gasteiger partial charge in [0, 0.05) is 12.1 Å². The highest BCUT2D eigenvalue weighted by molar-refractivity contribution is 5.44. The van der Waals surface area contributed by atoms with Gasteiger partial charge in [0.2, 0.25) is 0 Å². The van der Waals surface area contributed by atoms with Crippen LogP contribution in [-0.2, 0) is 6.54 Å². The summed E-state index contributed by atoms with van der Waals surface area (Å²) in [6.45, 7) is 2.48. The highest BCUT2D eigenvalue weighted by Gasteiger charge is 2.06. The molecule has 0 amide bonds. The predicted octanol–water partition coefficient (Wildman–Crippen LogP) is 3.25. The molecular weight excluding hydrogens is 226 g/mol. The molecule has 0 aliphatic carbocycles. The Kier molecular flexibility index (Phi) is 3.85. The molecule has 0 atom stereocenters. The second-order valence-electron chi connectivity index (χ2n) is 4.04. The maximum Gasteiger partial charge on any atom is 0.134 e. The Labute approximate surface area is 107 Å². The molecule has 0 saturated carbocycles. The van der Waals surface area contributed by atoms with Crippen LogP contribution in [0.1, 0.15) is 11.1 Å². The van der Waals surface area contributed by atoms with Crippen molar-refractivity contribution in [2.75, 3.05) is 7.11 Å². The Hall–Kier alpha value is -2.00. The normalized spacial score (nSPS) is 10.2. The van der Waals surface area contributed by atoms with E-state index in [1.807, 2.05) is 49.4 Å². The maximum atomic E-state index is 5.90. The summed E-state index contributed by atoms with van der Waals surface area (Å²) < 4.78 is 11.0. The van der Waals surface area contributed by atoms with Gasteiger partial charge >= 0.3 is 0 Å². The first kappa shape index (κ1) is 12.5. The number of hydrogen-bond acceptors (Lipinski definition) is 3. The van der Waals surface area contributed by atoms with Gasteiger partial charge in [0.1, 0.15) is 17.2 Å². The van der Waals surface area contributed by atoms with Crippen LogP contribution < -0.4 is 15.2 Å². The molecular formula is C15H17NO2. The van der Waals surface area contributed by atoms with Gasteiger partial charge in [0.25, 0.3) is 0 Å². The lowest BCUT2D eigenvalue weighted by atomic mass is 10.1. The molecule has 0 bridgehead atoms. The molecule has 2 N–H and O–H groups in total. The molecule has 2 rings (SSSR count). The summed E-state index contributed by atoms with van der Waals surface area (Å²) in [6.07, 6.45) is 0. The average molecular weight is 243 g/mol. The Bertz CT molecular complexity index is 521. The van der Waals surface area contributed by atoms with Gasteiger partial charge in [-0.2, -0.15) is 0 Å².